The third kappa shape index (κ3) is 5.91. The van der Waals surface area contributed by atoms with Crippen LogP contribution >= 0.6 is 24.8 Å². The highest BCUT2D eigenvalue weighted by Crippen LogP contribution is 2.17. The number of halogens is 2. The summed E-state index contributed by atoms with van der Waals surface area (Å²) in [6.07, 6.45) is 1.96. The molecule has 4 rings (SSSR count). The van der Waals surface area contributed by atoms with Gasteiger partial charge in [0.1, 0.15) is 0 Å². The van der Waals surface area contributed by atoms with E-state index in [1.807, 2.05) is 0 Å². The van der Waals surface area contributed by atoms with Crippen molar-refractivity contribution in [3.8, 4) is 0 Å². The fraction of sp³-hybridized carbons (Fsp3) is 0.391. The molecule has 0 spiro atoms. The quantitative estimate of drug-likeness (QED) is 0.385. The highest BCUT2D eigenvalue weighted by Gasteiger charge is 2.17. The maximum atomic E-state index is 12.2. The Bertz CT molecular complexity index is 1040. The predicted molar refractivity (Wildman–Crippen MR) is 129 cm³/mol. The van der Waals surface area contributed by atoms with Crippen LogP contribution in [0.4, 0.5) is 5.69 Å². The topological polar surface area (TPSA) is 58.7 Å². The lowest BCUT2D eigenvalue weighted by Gasteiger charge is -2.36. The SMILES string of the molecule is CC(=O)c1ccc2c(c1)oc(=O)n2CCCCN1CCN(c2ccccc2)CC1.Cl.Cl. The Morgan fingerprint density at radius 3 is 2.29 bits per heavy atom. The molecule has 1 fully saturated rings. The lowest BCUT2D eigenvalue weighted by molar-refractivity contribution is 0.101. The largest absolute Gasteiger partial charge is 0.419 e. The summed E-state index contributed by atoms with van der Waals surface area (Å²) >= 11 is 0. The molecule has 2 heterocycles. The number of piperazine rings is 1. The van der Waals surface area contributed by atoms with E-state index in [9.17, 15) is 9.59 Å². The number of aromatic nitrogens is 1. The summed E-state index contributed by atoms with van der Waals surface area (Å²) in [5.41, 5.74) is 3.11. The van der Waals surface area contributed by atoms with Crippen LogP contribution in [0.25, 0.3) is 11.1 Å². The van der Waals surface area contributed by atoms with E-state index in [0.29, 0.717) is 17.7 Å². The van der Waals surface area contributed by atoms with Gasteiger partial charge in [0.25, 0.3) is 0 Å². The second-order valence-corrected chi connectivity index (χ2v) is 7.63. The van der Waals surface area contributed by atoms with Crippen LogP contribution in [0.1, 0.15) is 30.1 Å². The first kappa shape index (κ1) is 25.0. The van der Waals surface area contributed by atoms with Crippen LogP contribution in [0.5, 0.6) is 0 Å². The fourth-order valence-corrected chi connectivity index (χ4v) is 3.97. The molecule has 0 bridgehead atoms. The third-order valence-electron chi connectivity index (χ3n) is 5.67. The van der Waals surface area contributed by atoms with Crippen molar-refractivity contribution in [1.29, 1.82) is 0 Å². The van der Waals surface area contributed by atoms with Crippen molar-refractivity contribution in [3.63, 3.8) is 0 Å². The molecule has 1 aliphatic rings. The average molecular weight is 466 g/mol. The summed E-state index contributed by atoms with van der Waals surface area (Å²) in [6, 6.07) is 15.8. The van der Waals surface area contributed by atoms with Crippen LogP contribution in [0.3, 0.4) is 0 Å². The number of ketones is 1. The van der Waals surface area contributed by atoms with Gasteiger partial charge in [0.05, 0.1) is 5.52 Å². The number of aryl methyl sites for hydroxylation is 1. The van der Waals surface area contributed by atoms with E-state index in [2.05, 4.69) is 40.1 Å². The minimum atomic E-state index is -0.350. The average Bonchev–Trinajstić information content (AvgIpc) is 3.06. The van der Waals surface area contributed by atoms with Crippen LogP contribution in [0.15, 0.2) is 57.7 Å². The normalized spacial score (nSPS) is 14.2. The molecular formula is C23H29Cl2N3O3. The van der Waals surface area contributed by atoms with Crippen LogP contribution in [0, 0.1) is 0 Å². The van der Waals surface area contributed by atoms with E-state index in [1.54, 1.807) is 22.8 Å². The summed E-state index contributed by atoms with van der Waals surface area (Å²) in [4.78, 5) is 28.6. The second-order valence-electron chi connectivity index (χ2n) is 7.63. The Kier molecular flexibility index (Phi) is 9.16. The van der Waals surface area contributed by atoms with Gasteiger partial charge in [-0.1, -0.05) is 18.2 Å². The standard InChI is InChI=1S/C23H27N3O3.2ClH/c1-18(27)19-9-10-21-22(17-19)29-23(28)26(21)12-6-5-11-24-13-15-25(16-14-24)20-7-3-2-4-8-20;;/h2-4,7-10,17H,5-6,11-16H2,1H3;2*1H. The molecule has 0 radical (unpaired) electrons. The molecule has 3 aromatic rings. The minimum absolute atomic E-state index is 0. The number of rotatable bonds is 7. The number of carbonyl (C=O) groups is 1. The number of carbonyl (C=O) groups excluding carboxylic acids is 1. The van der Waals surface area contributed by atoms with Crippen molar-refractivity contribution in [2.45, 2.75) is 26.3 Å². The van der Waals surface area contributed by atoms with Crippen molar-refractivity contribution < 1.29 is 9.21 Å². The molecule has 0 aliphatic carbocycles. The van der Waals surface area contributed by atoms with Gasteiger partial charge in [-0.2, -0.15) is 0 Å². The zero-order valence-corrected chi connectivity index (χ0v) is 19.3. The first-order chi connectivity index (χ1) is 14.1. The number of hydrogen-bond acceptors (Lipinski definition) is 5. The van der Waals surface area contributed by atoms with Crippen molar-refractivity contribution in [3.05, 3.63) is 64.6 Å². The molecule has 1 aliphatic heterocycles. The number of nitrogens with zero attached hydrogens (tertiary/aromatic N) is 3. The van der Waals surface area contributed by atoms with Gasteiger partial charge in [-0.05, 0) is 56.6 Å². The van der Waals surface area contributed by atoms with Gasteiger partial charge in [0.2, 0.25) is 0 Å². The molecule has 0 atom stereocenters. The Morgan fingerprint density at radius 1 is 0.935 bits per heavy atom. The third-order valence-corrected chi connectivity index (χ3v) is 5.67. The number of fused-ring (bicyclic) bond motifs is 1. The Morgan fingerprint density at radius 2 is 1.61 bits per heavy atom. The lowest BCUT2D eigenvalue weighted by atomic mass is 10.1. The highest BCUT2D eigenvalue weighted by atomic mass is 35.5. The predicted octanol–water partition coefficient (Wildman–Crippen LogP) is 4.24. The second kappa shape index (κ2) is 11.4. The molecule has 0 N–H and O–H groups in total. The number of para-hydroxylation sites is 1. The molecule has 2 aromatic carbocycles. The molecule has 1 aromatic heterocycles. The summed E-state index contributed by atoms with van der Waals surface area (Å²) < 4.78 is 7.00. The fourth-order valence-electron chi connectivity index (χ4n) is 3.97. The Balaban J connectivity index is 0.00000171. The summed E-state index contributed by atoms with van der Waals surface area (Å²) in [7, 11) is 0. The van der Waals surface area contributed by atoms with Gasteiger partial charge in [0.15, 0.2) is 11.4 Å². The number of anilines is 1. The van der Waals surface area contributed by atoms with Gasteiger partial charge in [-0.3, -0.25) is 14.3 Å². The van der Waals surface area contributed by atoms with Gasteiger partial charge >= 0.3 is 5.76 Å². The number of benzene rings is 2. The number of oxazole rings is 1. The first-order valence-electron chi connectivity index (χ1n) is 10.3. The number of hydrogen-bond donors (Lipinski definition) is 0. The molecule has 6 nitrogen and oxygen atoms in total. The molecule has 168 valence electrons. The van der Waals surface area contributed by atoms with Gasteiger partial charge < -0.3 is 9.32 Å². The van der Waals surface area contributed by atoms with Crippen LogP contribution in [-0.4, -0.2) is 48.0 Å². The van der Waals surface area contributed by atoms with Crippen LogP contribution < -0.4 is 10.7 Å². The Hall–Kier alpha value is -2.28. The van der Waals surface area contributed by atoms with E-state index in [-0.39, 0.29) is 36.4 Å². The summed E-state index contributed by atoms with van der Waals surface area (Å²) in [6.45, 7) is 7.42. The minimum Gasteiger partial charge on any atom is -0.408 e. The Labute approximate surface area is 194 Å². The molecular weight excluding hydrogens is 437 g/mol. The summed E-state index contributed by atoms with van der Waals surface area (Å²) in [5, 5.41) is 0. The van der Waals surface area contributed by atoms with Crippen molar-refractivity contribution >= 4 is 47.4 Å². The van der Waals surface area contributed by atoms with Crippen molar-refractivity contribution in [2.24, 2.45) is 0 Å². The van der Waals surface area contributed by atoms with E-state index >= 15 is 0 Å². The highest BCUT2D eigenvalue weighted by molar-refractivity contribution is 5.96. The van der Waals surface area contributed by atoms with Crippen molar-refractivity contribution in [2.75, 3.05) is 37.6 Å². The van der Waals surface area contributed by atoms with E-state index in [0.717, 1.165) is 51.1 Å². The zero-order chi connectivity index (χ0) is 20.2. The zero-order valence-electron chi connectivity index (χ0n) is 17.7. The summed E-state index contributed by atoms with van der Waals surface area (Å²) in [5.74, 6) is -0.383. The van der Waals surface area contributed by atoms with Gasteiger partial charge in [-0.25, -0.2) is 4.79 Å². The molecule has 0 amide bonds. The van der Waals surface area contributed by atoms with Crippen LogP contribution in [0.2, 0.25) is 0 Å². The van der Waals surface area contributed by atoms with E-state index < -0.39 is 0 Å². The van der Waals surface area contributed by atoms with Crippen LogP contribution in [-0.2, 0) is 6.54 Å². The van der Waals surface area contributed by atoms with E-state index in [4.69, 9.17) is 4.42 Å². The van der Waals surface area contributed by atoms with Gasteiger partial charge in [0, 0.05) is 44.0 Å². The maximum absolute atomic E-state index is 12.2. The number of unbranched alkanes of at least 4 members (excludes halogenated alkanes) is 1. The molecule has 1 saturated heterocycles. The molecule has 0 unspecified atom stereocenters. The molecule has 31 heavy (non-hydrogen) atoms. The lowest BCUT2D eigenvalue weighted by Crippen LogP contribution is -2.46. The van der Waals surface area contributed by atoms with Gasteiger partial charge in [-0.15, -0.1) is 24.8 Å². The monoisotopic (exact) mass is 465 g/mol. The number of Topliss-reactive ketones (excluding diaryl/α,β-unsaturated/α-hetero) is 1. The maximum Gasteiger partial charge on any atom is 0.419 e. The molecule has 8 heteroatoms. The van der Waals surface area contributed by atoms with E-state index in [1.165, 1.54) is 12.6 Å². The first-order valence-corrected chi connectivity index (χ1v) is 10.3. The smallest absolute Gasteiger partial charge is 0.408 e. The molecule has 0 saturated carbocycles. The van der Waals surface area contributed by atoms with Crippen molar-refractivity contribution in [1.82, 2.24) is 9.47 Å².